The monoisotopic (exact) mass is 351 g/mol. The Morgan fingerprint density at radius 3 is 2.91 bits per heavy atom. The van der Waals surface area contributed by atoms with Gasteiger partial charge in [-0.2, -0.15) is 5.10 Å². The highest BCUT2D eigenvalue weighted by Gasteiger charge is 2.22. The molecule has 9 heteroatoms. The van der Waals surface area contributed by atoms with Gasteiger partial charge in [-0.15, -0.1) is 11.3 Å². The lowest BCUT2D eigenvalue weighted by atomic mass is 10.2. The average molecular weight is 352 g/mol. The van der Waals surface area contributed by atoms with E-state index in [9.17, 15) is 9.59 Å². The van der Waals surface area contributed by atoms with Gasteiger partial charge in [0.25, 0.3) is 11.5 Å². The van der Waals surface area contributed by atoms with Crippen molar-refractivity contribution in [3.05, 3.63) is 44.0 Å². The number of H-pyrrole nitrogens is 1. The zero-order valence-electron chi connectivity index (χ0n) is 12.8. The van der Waals surface area contributed by atoms with Gasteiger partial charge in [-0.25, -0.2) is 4.98 Å². The number of hydrogen-bond donors (Lipinski definition) is 1. The van der Waals surface area contributed by atoms with Crippen LogP contribution in [-0.4, -0.2) is 37.6 Å². The molecule has 0 radical (unpaired) electrons. The molecule has 3 aromatic heterocycles. The molecule has 23 heavy (non-hydrogen) atoms. The van der Waals surface area contributed by atoms with E-state index in [0.717, 1.165) is 0 Å². The minimum absolute atomic E-state index is 0.171. The van der Waals surface area contributed by atoms with Crippen LogP contribution in [0.4, 0.5) is 0 Å². The van der Waals surface area contributed by atoms with Gasteiger partial charge in [0, 0.05) is 14.1 Å². The quantitative estimate of drug-likeness (QED) is 0.781. The van der Waals surface area contributed by atoms with Crippen LogP contribution in [0.2, 0.25) is 5.15 Å². The maximum Gasteiger partial charge on any atom is 0.268 e. The minimum atomic E-state index is -0.270. The zero-order valence-corrected chi connectivity index (χ0v) is 14.3. The Bertz CT molecular complexity index is 958. The first-order valence-corrected chi connectivity index (χ1v) is 8.05. The fraction of sp³-hybridized carbons (Fsp3) is 0.286. The van der Waals surface area contributed by atoms with Gasteiger partial charge < -0.3 is 9.88 Å². The first kappa shape index (κ1) is 15.7. The maximum absolute atomic E-state index is 12.6. The highest BCUT2D eigenvalue weighted by Crippen LogP contribution is 2.21. The number of hydrogen-bond acceptors (Lipinski definition) is 5. The topological polar surface area (TPSA) is 83.9 Å². The molecule has 3 heterocycles. The molecule has 0 aliphatic rings. The van der Waals surface area contributed by atoms with Gasteiger partial charge in [0.05, 0.1) is 23.3 Å². The predicted molar refractivity (Wildman–Crippen MR) is 89.0 cm³/mol. The molecule has 3 rings (SSSR count). The standard InChI is InChI=1S/C14H14ClN5O2S/c1-7-10(12(15)20(3)18-7)14(22)19(2)6-9-16-8-4-5-23-11(8)13(21)17-9/h4-5H,6H2,1-3H3,(H,16,17,21). The van der Waals surface area contributed by atoms with Crippen molar-refractivity contribution >= 4 is 39.1 Å². The number of nitrogens with one attached hydrogen (secondary N) is 1. The van der Waals surface area contributed by atoms with Crippen molar-refractivity contribution in [2.45, 2.75) is 13.5 Å². The van der Waals surface area contributed by atoms with Crippen LogP contribution in [0.1, 0.15) is 21.9 Å². The maximum atomic E-state index is 12.6. The molecule has 1 N–H and O–H groups in total. The number of halogens is 1. The Labute approximate surface area is 140 Å². The summed E-state index contributed by atoms with van der Waals surface area (Å²) in [7, 11) is 3.30. The molecular formula is C14H14ClN5O2S. The highest BCUT2D eigenvalue weighted by atomic mass is 35.5. The van der Waals surface area contributed by atoms with Gasteiger partial charge in [-0.05, 0) is 18.4 Å². The molecule has 1 amide bonds. The number of nitrogens with zero attached hydrogens (tertiary/aromatic N) is 4. The van der Waals surface area contributed by atoms with E-state index in [-0.39, 0.29) is 23.2 Å². The number of carbonyl (C=O) groups is 1. The Morgan fingerprint density at radius 2 is 2.26 bits per heavy atom. The van der Waals surface area contributed by atoms with Crippen molar-refractivity contribution < 1.29 is 4.79 Å². The molecule has 0 aliphatic carbocycles. The molecule has 0 fully saturated rings. The number of amides is 1. The van der Waals surface area contributed by atoms with Crippen molar-refractivity contribution in [3.63, 3.8) is 0 Å². The highest BCUT2D eigenvalue weighted by molar-refractivity contribution is 7.17. The van der Waals surface area contributed by atoms with Crippen LogP contribution in [0.3, 0.4) is 0 Å². The van der Waals surface area contributed by atoms with Gasteiger partial charge >= 0.3 is 0 Å². The number of carbonyl (C=O) groups excluding carboxylic acids is 1. The second-order valence-electron chi connectivity index (χ2n) is 5.18. The Balaban J connectivity index is 1.89. The summed E-state index contributed by atoms with van der Waals surface area (Å²) in [6.45, 7) is 1.90. The van der Waals surface area contributed by atoms with E-state index in [0.29, 0.717) is 27.3 Å². The van der Waals surface area contributed by atoms with Crippen molar-refractivity contribution in [2.24, 2.45) is 7.05 Å². The van der Waals surface area contributed by atoms with Gasteiger partial charge in [0.1, 0.15) is 15.7 Å². The SMILES string of the molecule is Cc1nn(C)c(Cl)c1C(=O)N(C)Cc1nc2ccsc2c(=O)[nH]1. The third-order valence-corrected chi connectivity index (χ3v) is 4.80. The number of thiophene rings is 1. The fourth-order valence-electron chi connectivity index (χ4n) is 2.36. The summed E-state index contributed by atoms with van der Waals surface area (Å²) in [5.74, 6) is 0.156. The minimum Gasteiger partial charge on any atom is -0.334 e. The van der Waals surface area contributed by atoms with Crippen molar-refractivity contribution in [1.29, 1.82) is 0 Å². The number of aryl methyl sites for hydroxylation is 2. The van der Waals surface area contributed by atoms with E-state index in [1.165, 1.54) is 20.9 Å². The molecule has 3 aromatic rings. The van der Waals surface area contributed by atoms with E-state index in [1.54, 1.807) is 27.1 Å². The lowest BCUT2D eigenvalue weighted by molar-refractivity contribution is 0.0781. The molecule has 0 spiro atoms. The van der Waals surface area contributed by atoms with E-state index in [4.69, 9.17) is 11.6 Å². The second kappa shape index (κ2) is 5.78. The lowest BCUT2D eigenvalue weighted by Gasteiger charge is -2.16. The Hall–Kier alpha value is -2.19. The van der Waals surface area contributed by atoms with Crippen molar-refractivity contribution in [3.8, 4) is 0 Å². The Morgan fingerprint density at radius 1 is 1.52 bits per heavy atom. The van der Waals surface area contributed by atoms with Crippen LogP contribution in [0.25, 0.3) is 10.2 Å². The normalized spacial score (nSPS) is 11.1. The Kier molecular flexibility index (Phi) is 3.95. The predicted octanol–water partition coefficient (Wildman–Crippen LogP) is 1.95. The second-order valence-corrected chi connectivity index (χ2v) is 6.46. The first-order valence-electron chi connectivity index (χ1n) is 6.79. The summed E-state index contributed by atoms with van der Waals surface area (Å²) < 4.78 is 2.03. The summed E-state index contributed by atoms with van der Waals surface area (Å²) in [6.07, 6.45) is 0. The molecular weight excluding hydrogens is 338 g/mol. The van der Waals surface area contributed by atoms with Crippen LogP contribution in [0, 0.1) is 6.92 Å². The van der Waals surface area contributed by atoms with Crippen LogP contribution in [-0.2, 0) is 13.6 Å². The molecule has 120 valence electrons. The molecule has 0 saturated heterocycles. The number of fused-ring (bicyclic) bond motifs is 1. The first-order chi connectivity index (χ1) is 10.9. The lowest BCUT2D eigenvalue weighted by Crippen LogP contribution is -2.28. The largest absolute Gasteiger partial charge is 0.334 e. The summed E-state index contributed by atoms with van der Waals surface area (Å²) >= 11 is 7.46. The van der Waals surface area contributed by atoms with Crippen LogP contribution in [0.5, 0.6) is 0 Å². The summed E-state index contributed by atoms with van der Waals surface area (Å²) in [6, 6.07) is 1.78. The summed E-state index contributed by atoms with van der Waals surface area (Å²) in [5.41, 5.74) is 1.35. The number of rotatable bonds is 3. The van der Waals surface area contributed by atoms with E-state index < -0.39 is 0 Å². The molecule has 0 aliphatic heterocycles. The molecule has 7 nitrogen and oxygen atoms in total. The van der Waals surface area contributed by atoms with Crippen LogP contribution in [0.15, 0.2) is 16.2 Å². The van der Waals surface area contributed by atoms with Crippen molar-refractivity contribution in [1.82, 2.24) is 24.6 Å². The van der Waals surface area contributed by atoms with Gasteiger partial charge in [0.15, 0.2) is 0 Å². The van der Waals surface area contributed by atoms with Gasteiger partial charge in [0.2, 0.25) is 0 Å². The molecule has 0 bridgehead atoms. The van der Waals surface area contributed by atoms with E-state index >= 15 is 0 Å². The molecule has 0 saturated carbocycles. The van der Waals surface area contributed by atoms with E-state index in [1.807, 2.05) is 5.38 Å². The third kappa shape index (κ3) is 2.75. The number of aromatic nitrogens is 4. The van der Waals surface area contributed by atoms with Crippen LogP contribution >= 0.6 is 22.9 Å². The smallest absolute Gasteiger partial charge is 0.268 e. The third-order valence-electron chi connectivity index (χ3n) is 3.46. The van der Waals surface area contributed by atoms with Gasteiger partial charge in [-0.3, -0.25) is 14.3 Å². The summed E-state index contributed by atoms with van der Waals surface area (Å²) in [4.78, 5) is 33.1. The summed E-state index contributed by atoms with van der Waals surface area (Å²) in [5, 5.41) is 6.23. The van der Waals surface area contributed by atoms with Crippen molar-refractivity contribution in [2.75, 3.05) is 7.05 Å². The van der Waals surface area contributed by atoms with E-state index in [2.05, 4.69) is 15.1 Å². The molecule has 0 aromatic carbocycles. The number of aromatic amines is 1. The van der Waals surface area contributed by atoms with Gasteiger partial charge in [-0.1, -0.05) is 11.6 Å². The fourth-order valence-corrected chi connectivity index (χ4v) is 3.34. The van der Waals surface area contributed by atoms with Crippen LogP contribution < -0.4 is 5.56 Å². The zero-order chi connectivity index (χ0) is 16.7. The average Bonchev–Trinajstić information content (AvgIpc) is 3.04. The molecule has 0 unspecified atom stereocenters. The molecule has 0 atom stereocenters.